The second kappa shape index (κ2) is 5.86. The average Bonchev–Trinajstić information content (AvgIpc) is 2.37. The van der Waals surface area contributed by atoms with Crippen molar-refractivity contribution in [1.29, 1.82) is 0 Å². The highest BCUT2D eigenvalue weighted by Crippen LogP contribution is 2.28. The topological polar surface area (TPSA) is 65.3 Å². The van der Waals surface area contributed by atoms with Crippen LogP contribution in [0.15, 0.2) is 36.5 Å². The van der Waals surface area contributed by atoms with E-state index in [9.17, 15) is 10.1 Å². The molecule has 2 rings (SSSR count). The summed E-state index contributed by atoms with van der Waals surface area (Å²) < 4.78 is 5.46. The van der Waals surface area contributed by atoms with Crippen molar-refractivity contribution in [2.24, 2.45) is 0 Å². The Hall–Kier alpha value is -1.85. The SMILES string of the molecule is O=[N+]([O-])c1ccc(OCc2ccc(Cl)nc2)cc1Cl. The van der Waals surface area contributed by atoms with E-state index in [0.717, 1.165) is 5.56 Å². The largest absolute Gasteiger partial charge is 0.489 e. The standard InChI is InChI=1S/C12H8Cl2N2O3/c13-10-5-9(2-3-11(10)16(17)18)19-7-8-1-4-12(14)15-6-8/h1-6H,7H2. The number of halogens is 2. The fraction of sp³-hybridized carbons (Fsp3) is 0.0833. The molecule has 0 radical (unpaired) electrons. The van der Waals surface area contributed by atoms with Gasteiger partial charge in [0.15, 0.2) is 0 Å². The van der Waals surface area contributed by atoms with Crippen LogP contribution in [0.2, 0.25) is 10.2 Å². The van der Waals surface area contributed by atoms with Crippen molar-refractivity contribution in [3.05, 3.63) is 62.4 Å². The van der Waals surface area contributed by atoms with Gasteiger partial charge in [-0.2, -0.15) is 0 Å². The minimum atomic E-state index is -0.546. The molecule has 19 heavy (non-hydrogen) atoms. The van der Waals surface area contributed by atoms with E-state index in [0.29, 0.717) is 10.9 Å². The van der Waals surface area contributed by atoms with Gasteiger partial charge in [0.1, 0.15) is 22.5 Å². The zero-order valence-electron chi connectivity index (χ0n) is 9.55. The van der Waals surface area contributed by atoms with Crippen LogP contribution in [0.3, 0.4) is 0 Å². The Bertz CT molecular complexity index is 602. The lowest BCUT2D eigenvalue weighted by atomic mass is 10.3. The lowest BCUT2D eigenvalue weighted by molar-refractivity contribution is -0.384. The molecular formula is C12H8Cl2N2O3. The second-order valence-electron chi connectivity index (χ2n) is 3.65. The Kier molecular flexibility index (Phi) is 4.19. The molecular weight excluding hydrogens is 291 g/mol. The summed E-state index contributed by atoms with van der Waals surface area (Å²) in [7, 11) is 0. The van der Waals surface area contributed by atoms with E-state index in [1.54, 1.807) is 18.3 Å². The van der Waals surface area contributed by atoms with Crippen molar-refractivity contribution in [2.75, 3.05) is 0 Å². The molecule has 1 aromatic heterocycles. The summed E-state index contributed by atoms with van der Waals surface area (Å²) in [5.74, 6) is 0.450. The molecule has 1 heterocycles. The summed E-state index contributed by atoms with van der Waals surface area (Å²) >= 11 is 11.4. The molecule has 0 amide bonds. The van der Waals surface area contributed by atoms with Crippen LogP contribution in [-0.4, -0.2) is 9.91 Å². The van der Waals surface area contributed by atoms with Crippen LogP contribution in [0.4, 0.5) is 5.69 Å². The number of nitrogens with zero attached hydrogens (tertiary/aromatic N) is 2. The van der Waals surface area contributed by atoms with Crippen LogP contribution in [0.5, 0.6) is 5.75 Å². The number of hydrogen-bond donors (Lipinski definition) is 0. The number of aromatic nitrogens is 1. The van der Waals surface area contributed by atoms with Crippen molar-refractivity contribution in [1.82, 2.24) is 4.98 Å². The van der Waals surface area contributed by atoms with E-state index in [2.05, 4.69) is 4.98 Å². The van der Waals surface area contributed by atoms with E-state index >= 15 is 0 Å². The first-order valence-corrected chi connectivity index (χ1v) is 5.99. The average molecular weight is 299 g/mol. The Balaban J connectivity index is 2.06. The van der Waals surface area contributed by atoms with Crippen molar-refractivity contribution in [3.63, 3.8) is 0 Å². The third kappa shape index (κ3) is 3.56. The van der Waals surface area contributed by atoms with Gasteiger partial charge < -0.3 is 4.74 Å². The van der Waals surface area contributed by atoms with E-state index in [-0.39, 0.29) is 17.3 Å². The number of benzene rings is 1. The number of nitro benzene ring substituents is 1. The number of ether oxygens (including phenoxy) is 1. The number of rotatable bonds is 4. The summed E-state index contributed by atoms with van der Waals surface area (Å²) in [4.78, 5) is 14.0. The van der Waals surface area contributed by atoms with E-state index in [1.807, 2.05) is 0 Å². The number of pyridine rings is 1. The summed E-state index contributed by atoms with van der Waals surface area (Å²) in [6.45, 7) is 0.276. The monoisotopic (exact) mass is 298 g/mol. The summed E-state index contributed by atoms with van der Waals surface area (Å²) in [5, 5.41) is 11.0. The van der Waals surface area contributed by atoms with Gasteiger partial charge in [0.05, 0.1) is 4.92 Å². The molecule has 1 aromatic carbocycles. The van der Waals surface area contributed by atoms with Crippen LogP contribution in [0.1, 0.15) is 5.56 Å². The number of hydrogen-bond acceptors (Lipinski definition) is 4. The third-order valence-corrected chi connectivity index (χ3v) is 2.84. The maximum atomic E-state index is 10.6. The molecule has 7 heteroatoms. The first-order chi connectivity index (χ1) is 9.06. The van der Waals surface area contributed by atoms with Gasteiger partial charge in [-0.3, -0.25) is 10.1 Å². The van der Waals surface area contributed by atoms with Crippen LogP contribution in [0.25, 0.3) is 0 Å². The van der Waals surface area contributed by atoms with Gasteiger partial charge in [0.25, 0.3) is 5.69 Å². The van der Waals surface area contributed by atoms with Crippen LogP contribution < -0.4 is 4.74 Å². The first-order valence-electron chi connectivity index (χ1n) is 5.23. The van der Waals surface area contributed by atoms with E-state index < -0.39 is 4.92 Å². The number of nitro groups is 1. The van der Waals surface area contributed by atoms with Gasteiger partial charge in [-0.15, -0.1) is 0 Å². The molecule has 0 atom stereocenters. The maximum absolute atomic E-state index is 10.6. The summed E-state index contributed by atoms with van der Waals surface area (Å²) in [5.41, 5.74) is 0.682. The second-order valence-corrected chi connectivity index (χ2v) is 4.44. The Morgan fingerprint density at radius 1 is 1.26 bits per heavy atom. The molecule has 0 aliphatic heterocycles. The third-order valence-electron chi connectivity index (χ3n) is 2.31. The molecule has 98 valence electrons. The lowest BCUT2D eigenvalue weighted by Crippen LogP contribution is -1.97. The molecule has 0 bridgehead atoms. The molecule has 0 spiro atoms. The van der Waals surface area contributed by atoms with Crippen molar-refractivity contribution >= 4 is 28.9 Å². The summed E-state index contributed by atoms with van der Waals surface area (Å²) in [6, 6.07) is 7.64. The normalized spacial score (nSPS) is 10.2. The molecule has 0 unspecified atom stereocenters. The predicted molar refractivity (Wildman–Crippen MR) is 71.7 cm³/mol. The van der Waals surface area contributed by atoms with Crippen molar-refractivity contribution in [3.8, 4) is 5.75 Å². The smallest absolute Gasteiger partial charge is 0.288 e. The highest BCUT2D eigenvalue weighted by Gasteiger charge is 2.12. The Morgan fingerprint density at radius 2 is 2.05 bits per heavy atom. The van der Waals surface area contributed by atoms with Crippen LogP contribution in [0, 0.1) is 10.1 Å². The zero-order valence-corrected chi connectivity index (χ0v) is 11.1. The van der Waals surface area contributed by atoms with E-state index in [4.69, 9.17) is 27.9 Å². The quantitative estimate of drug-likeness (QED) is 0.488. The van der Waals surface area contributed by atoms with E-state index in [1.165, 1.54) is 18.2 Å². The van der Waals surface area contributed by atoms with Gasteiger partial charge in [-0.25, -0.2) is 4.98 Å². The molecule has 0 aliphatic carbocycles. The minimum absolute atomic E-state index is 0.0386. The van der Waals surface area contributed by atoms with Crippen LogP contribution >= 0.6 is 23.2 Å². The predicted octanol–water partition coefficient (Wildman–Crippen LogP) is 3.88. The first kappa shape index (κ1) is 13.6. The van der Waals surface area contributed by atoms with Gasteiger partial charge in [-0.1, -0.05) is 29.3 Å². The zero-order chi connectivity index (χ0) is 13.8. The Labute approximate surface area is 118 Å². The minimum Gasteiger partial charge on any atom is -0.489 e. The molecule has 0 saturated carbocycles. The fourth-order valence-electron chi connectivity index (χ4n) is 1.38. The fourth-order valence-corrected chi connectivity index (χ4v) is 1.74. The maximum Gasteiger partial charge on any atom is 0.288 e. The van der Waals surface area contributed by atoms with Crippen molar-refractivity contribution < 1.29 is 9.66 Å². The highest BCUT2D eigenvalue weighted by molar-refractivity contribution is 6.32. The van der Waals surface area contributed by atoms with Crippen molar-refractivity contribution in [2.45, 2.75) is 6.61 Å². The molecule has 2 aromatic rings. The summed E-state index contributed by atoms with van der Waals surface area (Å²) in [6.07, 6.45) is 1.59. The highest BCUT2D eigenvalue weighted by atomic mass is 35.5. The van der Waals surface area contributed by atoms with Gasteiger partial charge >= 0.3 is 0 Å². The Morgan fingerprint density at radius 3 is 2.63 bits per heavy atom. The molecule has 0 saturated heterocycles. The lowest BCUT2D eigenvalue weighted by Gasteiger charge is -2.06. The van der Waals surface area contributed by atoms with Gasteiger partial charge in [-0.05, 0) is 12.1 Å². The van der Waals surface area contributed by atoms with Crippen LogP contribution in [-0.2, 0) is 6.61 Å². The molecule has 0 N–H and O–H groups in total. The van der Waals surface area contributed by atoms with Gasteiger partial charge in [0, 0.05) is 23.9 Å². The molecule has 0 aliphatic rings. The van der Waals surface area contributed by atoms with Gasteiger partial charge in [0.2, 0.25) is 0 Å². The molecule has 5 nitrogen and oxygen atoms in total. The molecule has 0 fully saturated rings.